The molecule has 3 N–H and O–H groups in total. The summed E-state index contributed by atoms with van der Waals surface area (Å²) in [5, 5.41) is 8.50. The summed E-state index contributed by atoms with van der Waals surface area (Å²) in [7, 11) is 0. The van der Waals surface area contributed by atoms with Crippen molar-refractivity contribution in [2.24, 2.45) is 0 Å². The molecule has 0 saturated carbocycles. The van der Waals surface area contributed by atoms with Crippen molar-refractivity contribution in [1.82, 2.24) is 5.32 Å². The Morgan fingerprint density at radius 1 is 0.718 bits per heavy atom. The largest absolute Gasteiger partial charge is 0.325 e. The number of carbonyl (C=O) groups is 3. The first-order valence-corrected chi connectivity index (χ1v) is 13.4. The SMILES string of the molecule is Cc1ccc(NC(=O)CSc2ccc(NC(=O)/C(=C/c3ccccc3C)NC(=O)c3ccccc3)cc2)cc1. The summed E-state index contributed by atoms with van der Waals surface area (Å²) in [5.41, 5.74) is 4.84. The van der Waals surface area contributed by atoms with Gasteiger partial charge in [-0.05, 0) is 79.6 Å². The van der Waals surface area contributed by atoms with Gasteiger partial charge in [0.15, 0.2) is 0 Å². The normalized spacial score (nSPS) is 11.0. The monoisotopic (exact) mass is 535 g/mol. The van der Waals surface area contributed by atoms with E-state index in [0.717, 1.165) is 27.3 Å². The number of benzene rings is 4. The molecule has 0 aliphatic heterocycles. The van der Waals surface area contributed by atoms with Crippen LogP contribution in [0.2, 0.25) is 0 Å². The van der Waals surface area contributed by atoms with Crippen molar-refractivity contribution < 1.29 is 14.4 Å². The molecule has 0 radical (unpaired) electrons. The van der Waals surface area contributed by atoms with Crippen LogP contribution in [0.15, 0.2) is 114 Å². The van der Waals surface area contributed by atoms with E-state index in [-0.39, 0.29) is 23.3 Å². The lowest BCUT2D eigenvalue weighted by Crippen LogP contribution is -2.30. The molecule has 0 saturated heterocycles. The van der Waals surface area contributed by atoms with E-state index in [0.29, 0.717) is 11.3 Å². The Bertz CT molecular complexity index is 1480. The molecule has 6 nitrogen and oxygen atoms in total. The van der Waals surface area contributed by atoms with Crippen LogP contribution in [0.5, 0.6) is 0 Å². The van der Waals surface area contributed by atoms with Crippen LogP contribution in [0.25, 0.3) is 6.08 Å². The van der Waals surface area contributed by atoms with E-state index in [1.807, 2.05) is 80.6 Å². The van der Waals surface area contributed by atoms with Gasteiger partial charge in [0.2, 0.25) is 5.91 Å². The van der Waals surface area contributed by atoms with E-state index in [2.05, 4.69) is 16.0 Å². The van der Waals surface area contributed by atoms with Gasteiger partial charge in [0, 0.05) is 21.8 Å². The summed E-state index contributed by atoms with van der Waals surface area (Å²) in [6.45, 7) is 3.94. The zero-order valence-corrected chi connectivity index (χ0v) is 22.5. The molecule has 0 aliphatic carbocycles. The standard InChI is InChI=1S/C32H29N3O3S/c1-22-12-14-26(15-13-22)33-30(36)21-39-28-18-16-27(17-19-28)34-32(38)29(20-25-11-7-6-8-23(25)2)35-31(37)24-9-4-3-5-10-24/h3-20H,21H2,1-2H3,(H,33,36)(H,34,38)(H,35,37)/b29-20-. The van der Waals surface area contributed by atoms with E-state index in [4.69, 9.17) is 0 Å². The van der Waals surface area contributed by atoms with E-state index < -0.39 is 5.91 Å². The zero-order valence-electron chi connectivity index (χ0n) is 21.7. The van der Waals surface area contributed by atoms with Crippen molar-refractivity contribution in [3.05, 3.63) is 131 Å². The first-order valence-electron chi connectivity index (χ1n) is 12.4. The maximum atomic E-state index is 13.2. The van der Waals surface area contributed by atoms with Crippen molar-refractivity contribution in [3.8, 4) is 0 Å². The number of hydrogen-bond acceptors (Lipinski definition) is 4. The summed E-state index contributed by atoms with van der Waals surface area (Å²) < 4.78 is 0. The van der Waals surface area contributed by atoms with Crippen molar-refractivity contribution in [3.63, 3.8) is 0 Å². The van der Waals surface area contributed by atoms with Gasteiger partial charge in [-0.15, -0.1) is 11.8 Å². The summed E-state index contributed by atoms with van der Waals surface area (Å²) in [6, 6.07) is 31.2. The number of hydrogen-bond donors (Lipinski definition) is 3. The van der Waals surface area contributed by atoms with Crippen LogP contribution in [0, 0.1) is 13.8 Å². The minimum atomic E-state index is -0.444. The average molecular weight is 536 g/mol. The van der Waals surface area contributed by atoms with Gasteiger partial charge in [-0.1, -0.05) is 60.2 Å². The minimum absolute atomic E-state index is 0.0959. The lowest BCUT2D eigenvalue weighted by molar-refractivity contribution is -0.114. The average Bonchev–Trinajstić information content (AvgIpc) is 2.95. The fraction of sp³-hybridized carbons (Fsp3) is 0.0938. The van der Waals surface area contributed by atoms with Gasteiger partial charge in [-0.25, -0.2) is 0 Å². The van der Waals surface area contributed by atoms with Crippen LogP contribution >= 0.6 is 11.8 Å². The van der Waals surface area contributed by atoms with Crippen LogP contribution < -0.4 is 16.0 Å². The van der Waals surface area contributed by atoms with Gasteiger partial charge < -0.3 is 16.0 Å². The van der Waals surface area contributed by atoms with Gasteiger partial charge in [-0.3, -0.25) is 14.4 Å². The zero-order chi connectivity index (χ0) is 27.6. The second-order valence-corrected chi connectivity index (χ2v) is 9.96. The fourth-order valence-corrected chi connectivity index (χ4v) is 4.36. The molecule has 0 heterocycles. The predicted molar refractivity (Wildman–Crippen MR) is 159 cm³/mol. The summed E-state index contributed by atoms with van der Waals surface area (Å²) in [6.07, 6.45) is 1.67. The van der Waals surface area contributed by atoms with Crippen LogP contribution in [-0.2, 0) is 9.59 Å². The molecule has 4 rings (SSSR count). The summed E-state index contributed by atoms with van der Waals surface area (Å²) in [5.74, 6) is -0.656. The highest BCUT2D eigenvalue weighted by Gasteiger charge is 2.15. The van der Waals surface area contributed by atoms with Crippen molar-refractivity contribution >= 4 is 46.9 Å². The molecule has 4 aromatic rings. The van der Waals surface area contributed by atoms with Gasteiger partial charge >= 0.3 is 0 Å². The molecule has 0 atom stereocenters. The quantitative estimate of drug-likeness (QED) is 0.170. The fourth-order valence-electron chi connectivity index (χ4n) is 3.66. The van der Waals surface area contributed by atoms with Crippen molar-refractivity contribution in [2.45, 2.75) is 18.7 Å². The lowest BCUT2D eigenvalue weighted by atomic mass is 10.1. The molecule has 0 fully saturated rings. The number of nitrogens with one attached hydrogen (secondary N) is 3. The smallest absolute Gasteiger partial charge is 0.272 e. The highest BCUT2D eigenvalue weighted by molar-refractivity contribution is 8.00. The molecule has 0 bridgehead atoms. The second-order valence-electron chi connectivity index (χ2n) is 8.92. The van der Waals surface area contributed by atoms with Gasteiger partial charge in [0.25, 0.3) is 11.8 Å². The number of aryl methyl sites for hydroxylation is 2. The Balaban J connectivity index is 1.40. The van der Waals surface area contributed by atoms with Crippen LogP contribution in [0.4, 0.5) is 11.4 Å². The molecular formula is C32H29N3O3S. The van der Waals surface area contributed by atoms with E-state index in [9.17, 15) is 14.4 Å². The van der Waals surface area contributed by atoms with Crippen LogP contribution in [0.3, 0.4) is 0 Å². The maximum absolute atomic E-state index is 13.2. The third-order valence-electron chi connectivity index (χ3n) is 5.83. The number of anilines is 2. The first-order chi connectivity index (χ1) is 18.9. The Morgan fingerprint density at radius 3 is 2.03 bits per heavy atom. The molecule has 196 valence electrons. The van der Waals surface area contributed by atoms with Crippen molar-refractivity contribution in [2.75, 3.05) is 16.4 Å². The Labute approximate surface area is 232 Å². The molecule has 0 unspecified atom stereocenters. The van der Waals surface area contributed by atoms with Gasteiger partial charge in [0.05, 0.1) is 5.75 Å². The number of thioether (sulfide) groups is 1. The molecule has 4 aromatic carbocycles. The third-order valence-corrected chi connectivity index (χ3v) is 6.85. The number of carbonyl (C=O) groups excluding carboxylic acids is 3. The molecule has 7 heteroatoms. The molecule has 0 aromatic heterocycles. The number of rotatable bonds is 9. The maximum Gasteiger partial charge on any atom is 0.272 e. The Morgan fingerprint density at radius 2 is 1.33 bits per heavy atom. The third kappa shape index (κ3) is 8.18. The molecular weight excluding hydrogens is 506 g/mol. The lowest BCUT2D eigenvalue weighted by Gasteiger charge is -2.12. The van der Waals surface area contributed by atoms with Gasteiger partial charge in [0.1, 0.15) is 5.70 Å². The minimum Gasteiger partial charge on any atom is -0.325 e. The molecule has 39 heavy (non-hydrogen) atoms. The first kappa shape index (κ1) is 27.4. The highest BCUT2D eigenvalue weighted by atomic mass is 32.2. The Kier molecular flexibility index (Phi) is 9.32. The second kappa shape index (κ2) is 13.3. The van der Waals surface area contributed by atoms with E-state index >= 15 is 0 Å². The topological polar surface area (TPSA) is 87.3 Å². The van der Waals surface area contributed by atoms with Crippen molar-refractivity contribution in [1.29, 1.82) is 0 Å². The number of amides is 3. The Hall–Kier alpha value is -4.62. The molecule has 0 aliphatic rings. The highest BCUT2D eigenvalue weighted by Crippen LogP contribution is 2.21. The van der Waals surface area contributed by atoms with Crippen LogP contribution in [0.1, 0.15) is 27.0 Å². The summed E-state index contributed by atoms with van der Waals surface area (Å²) in [4.78, 5) is 39.2. The van der Waals surface area contributed by atoms with Gasteiger partial charge in [-0.2, -0.15) is 0 Å². The summed E-state index contributed by atoms with van der Waals surface area (Å²) >= 11 is 1.40. The van der Waals surface area contributed by atoms with E-state index in [1.54, 1.807) is 42.5 Å². The molecule has 0 spiro atoms. The van der Waals surface area contributed by atoms with Crippen LogP contribution in [-0.4, -0.2) is 23.5 Å². The van der Waals surface area contributed by atoms with E-state index in [1.165, 1.54) is 11.8 Å². The predicted octanol–water partition coefficient (Wildman–Crippen LogP) is 6.44. The molecule has 3 amide bonds.